The van der Waals surface area contributed by atoms with Crippen LogP contribution in [0.15, 0.2) is 48.5 Å². The van der Waals surface area contributed by atoms with E-state index in [0.717, 1.165) is 5.56 Å². The topological polar surface area (TPSA) is 55.8 Å². The third kappa shape index (κ3) is 4.61. The average Bonchev–Trinajstić information content (AvgIpc) is 2.56. The highest BCUT2D eigenvalue weighted by Gasteiger charge is 2.09. The van der Waals surface area contributed by atoms with Crippen LogP contribution in [-0.2, 0) is 0 Å². The summed E-state index contributed by atoms with van der Waals surface area (Å²) < 4.78 is 11.0. The van der Waals surface area contributed by atoms with E-state index in [9.17, 15) is 9.90 Å². The largest absolute Gasteiger partial charge is 0.508 e. The average molecular weight is 312 g/mol. The number of carbonyl (C=O) groups excluding carboxylic acids is 1. The Kier molecular flexibility index (Phi) is 5.80. The van der Waals surface area contributed by atoms with Crippen molar-refractivity contribution in [2.45, 2.75) is 13.8 Å². The second-order valence-electron chi connectivity index (χ2n) is 4.82. The molecule has 0 fully saturated rings. The maximum Gasteiger partial charge on any atom is 0.185 e. The number of benzene rings is 2. The molecule has 0 radical (unpaired) electrons. The Balaban J connectivity index is 2.18. The molecule has 0 saturated carbocycles. The Morgan fingerprint density at radius 2 is 1.65 bits per heavy atom. The van der Waals surface area contributed by atoms with Gasteiger partial charge in [0.2, 0.25) is 0 Å². The van der Waals surface area contributed by atoms with Crippen LogP contribution in [0.1, 0.15) is 29.8 Å². The predicted octanol–water partition coefficient (Wildman–Crippen LogP) is 4.09. The van der Waals surface area contributed by atoms with Crippen molar-refractivity contribution in [3.63, 3.8) is 0 Å². The minimum Gasteiger partial charge on any atom is -0.508 e. The molecule has 0 aliphatic heterocycles. The van der Waals surface area contributed by atoms with Gasteiger partial charge in [-0.15, -0.1) is 0 Å². The quantitative estimate of drug-likeness (QED) is 0.618. The predicted molar refractivity (Wildman–Crippen MR) is 90.3 cm³/mol. The summed E-state index contributed by atoms with van der Waals surface area (Å²) in [5.41, 5.74) is 1.37. The first-order valence-corrected chi connectivity index (χ1v) is 7.55. The van der Waals surface area contributed by atoms with Gasteiger partial charge in [-0.25, -0.2) is 0 Å². The van der Waals surface area contributed by atoms with E-state index >= 15 is 0 Å². The summed E-state index contributed by atoms with van der Waals surface area (Å²) >= 11 is 0. The lowest BCUT2D eigenvalue weighted by atomic mass is 10.1. The maximum absolute atomic E-state index is 12.3. The number of rotatable bonds is 7. The number of ether oxygens (including phenoxy) is 2. The fraction of sp³-hybridized carbons (Fsp3) is 0.211. The Morgan fingerprint density at radius 1 is 1.00 bits per heavy atom. The number of aromatic hydroxyl groups is 1. The standard InChI is InChI=1S/C19H20O4/c1-3-22-18-12-8-15(13-19(18)23-4-2)17(21)11-7-14-5-9-16(20)10-6-14/h5-13,20H,3-4H2,1-2H3/b11-7+. The first-order chi connectivity index (χ1) is 11.1. The highest BCUT2D eigenvalue weighted by molar-refractivity contribution is 6.07. The van der Waals surface area contributed by atoms with E-state index in [2.05, 4.69) is 0 Å². The molecule has 2 rings (SSSR count). The van der Waals surface area contributed by atoms with Gasteiger partial charge in [-0.05, 0) is 55.8 Å². The molecule has 0 heterocycles. The number of phenols is 1. The van der Waals surface area contributed by atoms with Crippen molar-refractivity contribution in [2.24, 2.45) is 0 Å². The first-order valence-electron chi connectivity index (χ1n) is 7.55. The molecular weight excluding hydrogens is 292 g/mol. The number of hydrogen-bond donors (Lipinski definition) is 1. The van der Waals surface area contributed by atoms with Gasteiger partial charge in [0.1, 0.15) is 5.75 Å². The molecule has 0 saturated heterocycles. The molecule has 23 heavy (non-hydrogen) atoms. The summed E-state index contributed by atoms with van der Waals surface area (Å²) in [6, 6.07) is 11.8. The summed E-state index contributed by atoms with van der Waals surface area (Å²) in [4.78, 5) is 12.3. The van der Waals surface area contributed by atoms with Crippen LogP contribution in [0.25, 0.3) is 6.08 Å². The van der Waals surface area contributed by atoms with Crippen molar-refractivity contribution in [1.29, 1.82) is 0 Å². The summed E-state index contributed by atoms with van der Waals surface area (Å²) in [5.74, 6) is 1.27. The van der Waals surface area contributed by atoms with E-state index in [0.29, 0.717) is 30.3 Å². The van der Waals surface area contributed by atoms with Crippen molar-refractivity contribution < 1.29 is 19.4 Å². The molecule has 0 atom stereocenters. The molecule has 0 amide bonds. The summed E-state index contributed by atoms with van der Waals surface area (Å²) in [5, 5.41) is 9.25. The van der Waals surface area contributed by atoms with Crippen molar-refractivity contribution in [3.8, 4) is 17.2 Å². The smallest absolute Gasteiger partial charge is 0.185 e. The Morgan fingerprint density at radius 3 is 2.30 bits per heavy atom. The molecule has 0 aromatic heterocycles. The van der Waals surface area contributed by atoms with Crippen LogP contribution in [0.2, 0.25) is 0 Å². The SMILES string of the molecule is CCOc1ccc(C(=O)/C=C/c2ccc(O)cc2)cc1OCC. The minimum atomic E-state index is -0.123. The molecule has 1 N–H and O–H groups in total. The minimum absolute atomic E-state index is 0.123. The van der Waals surface area contributed by atoms with E-state index in [1.807, 2.05) is 13.8 Å². The molecule has 4 heteroatoms. The van der Waals surface area contributed by atoms with Crippen LogP contribution in [0, 0.1) is 0 Å². The van der Waals surface area contributed by atoms with Crippen LogP contribution < -0.4 is 9.47 Å². The lowest BCUT2D eigenvalue weighted by molar-refractivity contribution is 0.104. The van der Waals surface area contributed by atoms with Crippen LogP contribution in [-0.4, -0.2) is 24.1 Å². The van der Waals surface area contributed by atoms with E-state index in [1.165, 1.54) is 6.08 Å². The van der Waals surface area contributed by atoms with Gasteiger partial charge in [0.15, 0.2) is 17.3 Å². The third-order valence-electron chi connectivity index (χ3n) is 3.15. The first kappa shape index (κ1) is 16.6. The van der Waals surface area contributed by atoms with E-state index in [-0.39, 0.29) is 11.5 Å². The van der Waals surface area contributed by atoms with Gasteiger partial charge in [-0.1, -0.05) is 18.2 Å². The van der Waals surface area contributed by atoms with Crippen LogP contribution in [0.3, 0.4) is 0 Å². The molecule has 120 valence electrons. The van der Waals surface area contributed by atoms with Crippen LogP contribution in [0.4, 0.5) is 0 Å². The van der Waals surface area contributed by atoms with Crippen LogP contribution in [0.5, 0.6) is 17.2 Å². The van der Waals surface area contributed by atoms with Gasteiger partial charge in [-0.2, -0.15) is 0 Å². The third-order valence-corrected chi connectivity index (χ3v) is 3.15. The highest BCUT2D eigenvalue weighted by atomic mass is 16.5. The molecule has 2 aromatic carbocycles. The number of allylic oxidation sites excluding steroid dienone is 1. The van der Waals surface area contributed by atoms with Gasteiger partial charge >= 0.3 is 0 Å². The van der Waals surface area contributed by atoms with Gasteiger partial charge in [0.05, 0.1) is 13.2 Å². The number of hydrogen-bond acceptors (Lipinski definition) is 4. The molecular formula is C19H20O4. The summed E-state index contributed by atoms with van der Waals surface area (Å²) in [6.07, 6.45) is 3.20. The monoisotopic (exact) mass is 312 g/mol. The molecule has 0 unspecified atom stereocenters. The van der Waals surface area contributed by atoms with E-state index in [4.69, 9.17) is 9.47 Å². The summed E-state index contributed by atoms with van der Waals surface area (Å²) in [6.45, 7) is 4.82. The lowest BCUT2D eigenvalue weighted by Gasteiger charge is -2.11. The van der Waals surface area contributed by atoms with E-state index < -0.39 is 0 Å². The van der Waals surface area contributed by atoms with Gasteiger partial charge in [0.25, 0.3) is 0 Å². The fourth-order valence-electron chi connectivity index (χ4n) is 2.06. The maximum atomic E-state index is 12.3. The van der Waals surface area contributed by atoms with Crippen molar-refractivity contribution >= 4 is 11.9 Å². The number of ketones is 1. The normalized spacial score (nSPS) is 10.7. The fourth-order valence-corrected chi connectivity index (χ4v) is 2.06. The molecule has 0 bridgehead atoms. The van der Waals surface area contributed by atoms with Gasteiger partial charge in [-0.3, -0.25) is 4.79 Å². The number of phenolic OH excluding ortho intramolecular Hbond substituents is 1. The number of carbonyl (C=O) groups is 1. The van der Waals surface area contributed by atoms with E-state index in [1.54, 1.807) is 48.5 Å². The molecule has 4 nitrogen and oxygen atoms in total. The summed E-state index contributed by atoms with van der Waals surface area (Å²) in [7, 11) is 0. The Hall–Kier alpha value is -2.75. The zero-order chi connectivity index (χ0) is 16.7. The zero-order valence-electron chi connectivity index (χ0n) is 13.3. The second-order valence-corrected chi connectivity index (χ2v) is 4.82. The van der Waals surface area contributed by atoms with Gasteiger partial charge < -0.3 is 14.6 Å². The van der Waals surface area contributed by atoms with Crippen molar-refractivity contribution in [1.82, 2.24) is 0 Å². The zero-order valence-corrected chi connectivity index (χ0v) is 13.3. The van der Waals surface area contributed by atoms with Gasteiger partial charge in [0, 0.05) is 5.56 Å². The molecule has 0 spiro atoms. The Labute approximate surface area is 136 Å². The molecule has 0 aliphatic rings. The van der Waals surface area contributed by atoms with Crippen molar-refractivity contribution in [2.75, 3.05) is 13.2 Å². The van der Waals surface area contributed by atoms with Crippen LogP contribution >= 0.6 is 0 Å². The van der Waals surface area contributed by atoms with Crippen molar-refractivity contribution in [3.05, 3.63) is 59.7 Å². The second kappa shape index (κ2) is 8.03. The molecule has 0 aliphatic carbocycles. The highest BCUT2D eigenvalue weighted by Crippen LogP contribution is 2.28. The molecule has 2 aromatic rings. The lowest BCUT2D eigenvalue weighted by Crippen LogP contribution is -2.01. The Bertz CT molecular complexity index is 687.